The van der Waals surface area contributed by atoms with Crippen LogP contribution in [0, 0.1) is 11.7 Å². The maximum absolute atomic E-state index is 13.6. The molecule has 2 N–H and O–H groups in total. The summed E-state index contributed by atoms with van der Waals surface area (Å²) in [4.78, 5) is 40.8. The number of carbonyl (C=O) groups is 3. The van der Waals surface area contributed by atoms with E-state index in [9.17, 15) is 18.8 Å². The fourth-order valence-electron chi connectivity index (χ4n) is 3.96. The van der Waals surface area contributed by atoms with E-state index in [1.54, 1.807) is 11.0 Å². The molecule has 3 amide bonds. The van der Waals surface area contributed by atoms with Crippen molar-refractivity contribution in [3.8, 4) is 0 Å². The predicted octanol–water partition coefficient (Wildman–Crippen LogP) is 2.29. The van der Waals surface area contributed by atoms with Gasteiger partial charge in [-0.2, -0.15) is 0 Å². The number of hydrogen-bond donors (Lipinski definition) is 1. The highest BCUT2D eigenvalue weighted by Gasteiger charge is 2.34. The fraction of sp³-hybridized carbons (Fsp3) is 0.348. The number of nitrogens with zero attached hydrogens (tertiary/aromatic N) is 2. The molecule has 0 saturated carbocycles. The molecule has 2 atom stereocenters. The highest BCUT2D eigenvalue weighted by molar-refractivity contribution is 5.89. The quantitative estimate of drug-likeness (QED) is 0.792. The van der Waals surface area contributed by atoms with Crippen molar-refractivity contribution < 1.29 is 18.8 Å². The number of amides is 3. The van der Waals surface area contributed by atoms with Gasteiger partial charge >= 0.3 is 0 Å². The zero-order valence-corrected chi connectivity index (χ0v) is 17.0. The van der Waals surface area contributed by atoms with Gasteiger partial charge in [0.05, 0.1) is 12.3 Å². The monoisotopic (exact) mass is 411 g/mol. The third-order valence-corrected chi connectivity index (χ3v) is 5.49. The van der Waals surface area contributed by atoms with Gasteiger partial charge in [-0.25, -0.2) is 4.39 Å². The molecule has 2 aromatic rings. The maximum Gasteiger partial charge on any atom is 0.244 e. The van der Waals surface area contributed by atoms with Gasteiger partial charge < -0.3 is 15.5 Å². The van der Waals surface area contributed by atoms with E-state index in [1.807, 2.05) is 30.3 Å². The number of halogens is 1. The third kappa shape index (κ3) is 5.03. The lowest BCUT2D eigenvalue weighted by atomic mass is 9.94. The van der Waals surface area contributed by atoms with Gasteiger partial charge in [0.25, 0.3) is 0 Å². The van der Waals surface area contributed by atoms with E-state index >= 15 is 0 Å². The molecule has 2 unspecified atom stereocenters. The van der Waals surface area contributed by atoms with Gasteiger partial charge in [-0.05, 0) is 36.1 Å². The van der Waals surface area contributed by atoms with E-state index in [1.165, 1.54) is 30.1 Å². The van der Waals surface area contributed by atoms with E-state index < -0.39 is 23.7 Å². The molecular formula is C23H26FN3O3. The van der Waals surface area contributed by atoms with Crippen LogP contribution in [0.2, 0.25) is 0 Å². The van der Waals surface area contributed by atoms with Crippen LogP contribution in [0.3, 0.4) is 0 Å². The lowest BCUT2D eigenvalue weighted by Crippen LogP contribution is -2.48. The summed E-state index contributed by atoms with van der Waals surface area (Å²) < 4.78 is 13.6. The Kier molecular flexibility index (Phi) is 6.82. The number of primary amides is 1. The Balaban J connectivity index is 1.70. The summed E-state index contributed by atoms with van der Waals surface area (Å²) in [5.74, 6) is -1.98. The fourth-order valence-corrected chi connectivity index (χ4v) is 3.96. The van der Waals surface area contributed by atoms with Crippen molar-refractivity contribution in [3.63, 3.8) is 0 Å². The van der Waals surface area contributed by atoms with Crippen LogP contribution in [-0.2, 0) is 20.8 Å². The van der Waals surface area contributed by atoms with Crippen LogP contribution in [0.15, 0.2) is 54.6 Å². The first-order valence-corrected chi connectivity index (χ1v) is 10.00. The van der Waals surface area contributed by atoms with Crippen molar-refractivity contribution in [2.24, 2.45) is 11.7 Å². The van der Waals surface area contributed by atoms with Crippen LogP contribution in [0.5, 0.6) is 0 Å². The lowest BCUT2D eigenvalue weighted by molar-refractivity contribution is -0.144. The van der Waals surface area contributed by atoms with E-state index in [4.69, 9.17) is 5.73 Å². The van der Waals surface area contributed by atoms with Crippen molar-refractivity contribution in [2.75, 3.05) is 20.1 Å². The summed E-state index contributed by atoms with van der Waals surface area (Å²) in [7, 11) is 1.49. The van der Waals surface area contributed by atoms with Gasteiger partial charge in [-0.1, -0.05) is 42.5 Å². The normalized spacial score (nSPS) is 17.3. The van der Waals surface area contributed by atoms with Crippen molar-refractivity contribution in [2.45, 2.75) is 25.3 Å². The van der Waals surface area contributed by atoms with E-state index in [-0.39, 0.29) is 18.2 Å². The molecule has 1 aliphatic heterocycles. The van der Waals surface area contributed by atoms with Crippen molar-refractivity contribution in [1.82, 2.24) is 9.80 Å². The molecule has 1 heterocycles. The molecule has 0 bridgehead atoms. The number of piperidine rings is 1. The SMILES string of the molecule is CN(C(=O)C1CCCN(C(=O)Cc2ccccc2)C1)C(C(N)=O)c1cccc(F)c1. The summed E-state index contributed by atoms with van der Waals surface area (Å²) in [5, 5.41) is 0. The Morgan fingerprint density at radius 3 is 2.57 bits per heavy atom. The Morgan fingerprint density at radius 1 is 1.17 bits per heavy atom. The average molecular weight is 411 g/mol. The molecule has 1 fully saturated rings. The zero-order valence-electron chi connectivity index (χ0n) is 17.0. The Morgan fingerprint density at radius 2 is 1.90 bits per heavy atom. The number of likely N-dealkylation sites (N-methyl/N-ethyl adjacent to an activating group) is 1. The minimum atomic E-state index is -1.07. The van der Waals surface area contributed by atoms with Gasteiger partial charge in [0, 0.05) is 20.1 Å². The molecule has 0 radical (unpaired) electrons. The Labute approximate surface area is 175 Å². The Hall–Kier alpha value is -3.22. The summed E-state index contributed by atoms with van der Waals surface area (Å²) in [5.41, 5.74) is 6.78. The number of benzene rings is 2. The summed E-state index contributed by atoms with van der Waals surface area (Å²) in [6, 6.07) is 13.9. The number of nitrogens with two attached hydrogens (primary N) is 1. The van der Waals surface area contributed by atoms with E-state index in [2.05, 4.69) is 0 Å². The van der Waals surface area contributed by atoms with Crippen LogP contribution >= 0.6 is 0 Å². The van der Waals surface area contributed by atoms with Crippen LogP contribution < -0.4 is 5.73 Å². The first kappa shape index (κ1) is 21.5. The number of hydrogen-bond acceptors (Lipinski definition) is 3. The van der Waals surface area contributed by atoms with Crippen molar-refractivity contribution >= 4 is 17.7 Å². The molecule has 1 saturated heterocycles. The molecule has 3 rings (SSSR count). The smallest absolute Gasteiger partial charge is 0.244 e. The molecule has 2 aromatic carbocycles. The maximum atomic E-state index is 13.6. The minimum Gasteiger partial charge on any atom is -0.368 e. The molecule has 0 aromatic heterocycles. The van der Waals surface area contributed by atoms with E-state index in [0.717, 1.165) is 5.56 Å². The second kappa shape index (κ2) is 9.52. The van der Waals surface area contributed by atoms with Crippen LogP contribution in [-0.4, -0.2) is 47.7 Å². The van der Waals surface area contributed by atoms with Gasteiger partial charge in [0.15, 0.2) is 0 Å². The standard InChI is InChI=1S/C23H26FN3O3/c1-26(21(22(25)29)17-9-5-11-19(24)14-17)23(30)18-10-6-12-27(15-18)20(28)13-16-7-3-2-4-8-16/h2-5,7-9,11,14,18,21H,6,10,12-13,15H2,1H3,(H2,25,29). The summed E-state index contributed by atoms with van der Waals surface area (Å²) in [6.07, 6.45) is 1.60. The molecule has 6 nitrogen and oxygen atoms in total. The van der Waals surface area contributed by atoms with Crippen molar-refractivity contribution in [3.05, 3.63) is 71.5 Å². The number of carbonyl (C=O) groups excluding carboxylic acids is 3. The summed E-state index contributed by atoms with van der Waals surface area (Å²) >= 11 is 0. The molecule has 0 aliphatic carbocycles. The molecular weight excluding hydrogens is 385 g/mol. The number of likely N-dealkylation sites (tertiary alicyclic amines) is 1. The van der Waals surface area contributed by atoms with Crippen molar-refractivity contribution in [1.29, 1.82) is 0 Å². The first-order chi connectivity index (χ1) is 14.4. The van der Waals surface area contributed by atoms with Crippen LogP contribution in [0.4, 0.5) is 4.39 Å². The van der Waals surface area contributed by atoms with Gasteiger partial charge in [0.2, 0.25) is 17.7 Å². The highest BCUT2D eigenvalue weighted by Crippen LogP contribution is 2.25. The average Bonchev–Trinajstić information content (AvgIpc) is 2.74. The zero-order chi connectivity index (χ0) is 21.7. The molecule has 30 heavy (non-hydrogen) atoms. The highest BCUT2D eigenvalue weighted by atomic mass is 19.1. The number of rotatable bonds is 6. The predicted molar refractivity (Wildman–Crippen MR) is 111 cm³/mol. The van der Waals surface area contributed by atoms with Crippen LogP contribution in [0.1, 0.15) is 30.0 Å². The summed E-state index contributed by atoms with van der Waals surface area (Å²) in [6.45, 7) is 0.895. The van der Waals surface area contributed by atoms with Crippen LogP contribution in [0.25, 0.3) is 0 Å². The second-order valence-corrected chi connectivity index (χ2v) is 7.65. The molecule has 1 aliphatic rings. The topological polar surface area (TPSA) is 83.7 Å². The van der Waals surface area contributed by atoms with Gasteiger partial charge in [0.1, 0.15) is 11.9 Å². The largest absolute Gasteiger partial charge is 0.368 e. The first-order valence-electron chi connectivity index (χ1n) is 10.00. The van der Waals surface area contributed by atoms with E-state index in [0.29, 0.717) is 31.5 Å². The molecule has 0 spiro atoms. The van der Waals surface area contributed by atoms with Gasteiger partial charge in [-0.3, -0.25) is 14.4 Å². The Bertz CT molecular complexity index is 919. The molecule has 7 heteroatoms. The molecule has 158 valence electrons. The lowest BCUT2D eigenvalue weighted by Gasteiger charge is -2.36. The minimum absolute atomic E-state index is 0.0297. The van der Waals surface area contributed by atoms with Gasteiger partial charge in [-0.15, -0.1) is 0 Å². The third-order valence-electron chi connectivity index (χ3n) is 5.49. The second-order valence-electron chi connectivity index (χ2n) is 7.65.